The van der Waals surface area contributed by atoms with Crippen molar-refractivity contribution in [3.8, 4) is 0 Å². The zero-order chi connectivity index (χ0) is 19.3. The topological polar surface area (TPSA) is 106 Å². The molecule has 4 aliphatic carbocycles. The molecule has 0 aromatic carbocycles. The number of nitrogens with one attached hydrogen (secondary N) is 2. The molecule has 4 bridgehead atoms. The van der Waals surface area contributed by atoms with E-state index in [2.05, 4.69) is 25.6 Å². The molecule has 0 saturated heterocycles. The van der Waals surface area contributed by atoms with Crippen molar-refractivity contribution in [3.05, 3.63) is 40.3 Å². The van der Waals surface area contributed by atoms with Gasteiger partial charge in [0.25, 0.3) is 0 Å². The lowest BCUT2D eigenvalue weighted by Crippen LogP contribution is -2.55. The van der Waals surface area contributed by atoms with Gasteiger partial charge in [0.1, 0.15) is 12.1 Å². The van der Waals surface area contributed by atoms with Crippen molar-refractivity contribution in [1.82, 2.24) is 15.0 Å². The summed E-state index contributed by atoms with van der Waals surface area (Å²) in [5, 5.41) is 18.5. The van der Waals surface area contributed by atoms with Crippen LogP contribution < -0.4 is 10.6 Å². The average molecular weight is 380 g/mol. The monoisotopic (exact) mass is 380 g/mol. The van der Waals surface area contributed by atoms with E-state index in [1.165, 1.54) is 25.6 Å². The quantitative estimate of drug-likeness (QED) is 0.591. The van der Waals surface area contributed by atoms with Gasteiger partial charge in [-0.05, 0) is 74.8 Å². The van der Waals surface area contributed by atoms with Crippen LogP contribution in [0.1, 0.15) is 44.1 Å². The molecule has 2 N–H and O–H groups in total. The van der Waals surface area contributed by atoms with Crippen LogP contribution in [-0.4, -0.2) is 25.4 Å². The predicted octanol–water partition coefficient (Wildman–Crippen LogP) is 4.21. The zero-order valence-corrected chi connectivity index (χ0v) is 15.9. The molecule has 0 spiro atoms. The highest BCUT2D eigenvalue weighted by molar-refractivity contribution is 5.74. The minimum atomic E-state index is -0.399. The van der Waals surface area contributed by atoms with Crippen molar-refractivity contribution in [2.75, 3.05) is 10.6 Å². The van der Waals surface area contributed by atoms with Crippen LogP contribution in [0.25, 0.3) is 0 Å². The minimum absolute atomic E-state index is 0.0634. The van der Waals surface area contributed by atoms with Gasteiger partial charge in [-0.1, -0.05) is 6.07 Å². The van der Waals surface area contributed by atoms with Gasteiger partial charge in [0.2, 0.25) is 11.6 Å². The lowest BCUT2D eigenvalue weighted by Gasteiger charge is -2.57. The van der Waals surface area contributed by atoms with E-state index in [-0.39, 0.29) is 17.0 Å². The fourth-order valence-corrected chi connectivity index (χ4v) is 5.98. The summed E-state index contributed by atoms with van der Waals surface area (Å²) in [5.41, 5.74) is 0.723. The maximum atomic E-state index is 11.9. The Kier molecular flexibility index (Phi) is 3.96. The summed E-state index contributed by atoms with van der Waals surface area (Å²) in [5.74, 6) is 3.28. The summed E-state index contributed by atoms with van der Waals surface area (Å²) in [6.07, 6.45) is 10.2. The Morgan fingerprint density at radius 2 is 1.68 bits per heavy atom. The molecule has 6 rings (SSSR count). The van der Waals surface area contributed by atoms with Crippen molar-refractivity contribution in [1.29, 1.82) is 0 Å². The summed E-state index contributed by atoms with van der Waals surface area (Å²) in [7, 11) is 0. The Bertz CT molecular complexity index is 895. The molecule has 8 nitrogen and oxygen atoms in total. The van der Waals surface area contributed by atoms with E-state index < -0.39 is 4.92 Å². The molecular formula is C20H24N6O2. The molecule has 2 aromatic heterocycles. The van der Waals surface area contributed by atoms with E-state index >= 15 is 0 Å². The number of hydrogen-bond acceptors (Lipinski definition) is 7. The molecule has 0 aliphatic heterocycles. The number of aryl methyl sites for hydroxylation is 1. The van der Waals surface area contributed by atoms with E-state index in [0.717, 1.165) is 42.6 Å². The lowest BCUT2D eigenvalue weighted by atomic mass is 9.53. The standard InChI is InChI=1S/C20H24N6O2/c1-12-3-2-4-21-17(12)24-18-16(26(27)28)19(23-11-22-18)25-20-8-13-5-14(9-20)7-15(6-13)10-20/h2-4,11,13-15H,5-10H2,1H3,(H2,21,22,23,24,25). The van der Waals surface area contributed by atoms with Crippen molar-refractivity contribution in [2.45, 2.75) is 51.0 Å². The van der Waals surface area contributed by atoms with Gasteiger partial charge < -0.3 is 10.6 Å². The first-order valence-electron chi connectivity index (χ1n) is 9.97. The molecule has 28 heavy (non-hydrogen) atoms. The fourth-order valence-electron chi connectivity index (χ4n) is 5.98. The van der Waals surface area contributed by atoms with Crippen LogP contribution in [0, 0.1) is 34.8 Å². The number of nitrogens with zero attached hydrogens (tertiary/aromatic N) is 4. The van der Waals surface area contributed by atoms with E-state index in [4.69, 9.17) is 0 Å². The second-order valence-electron chi connectivity index (χ2n) is 8.79. The molecule has 4 saturated carbocycles. The molecule has 8 heteroatoms. The van der Waals surface area contributed by atoms with Crippen LogP contribution in [0.4, 0.5) is 23.1 Å². The van der Waals surface area contributed by atoms with Crippen LogP contribution in [-0.2, 0) is 0 Å². The Morgan fingerprint density at radius 1 is 1.04 bits per heavy atom. The molecular weight excluding hydrogens is 356 g/mol. The minimum Gasteiger partial charge on any atom is -0.359 e. The average Bonchev–Trinajstić information content (AvgIpc) is 2.62. The summed E-state index contributed by atoms with van der Waals surface area (Å²) < 4.78 is 0. The Hall–Kier alpha value is -2.77. The van der Waals surface area contributed by atoms with Gasteiger partial charge in [0, 0.05) is 11.7 Å². The highest BCUT2D eigenvalue weighted by Crippen LogP contribution is 2.57. The van der Waals surface area contributed by atoms with Gasteiger partial charge in [-0.25, -0.2) is 15.0 Å². The van der Waals surface area contributed by atoms with Crippen LogP contribution in [0.2, 0.25) is 0 Å². The number of hydrogen-bond donors (Lipinski definition) is 2. The summed E-state index contributed by atoms with van der Waals surface area (Å²) in [6.45, 7) is 1.90. The Labute approximate surface area is 163 Å². The van der Waals surface area contributed by atoms with E-state index in [9.17, 15) is 10.1 Å². The van der Waals surface area contributed by atoms with Gasteiger partial charge in [-0.15, -0.1) is 0 Å². The largest absolute Gasteiger partial charge is 0.359 e. The third kappa shape index (κ3) is 2.96. The molecule has 0 radical (unpaired) electrons. The number of rotatable bonds is 5. The molecule has 0 amide bonds. The number of anilines is 3. The Balaban J connectivity index is 1.48. The summed E-state index contributed by atoms with van der Waals surface area (Å²) in [4.78, 5) is 24.2. The highest BCUT2D eigenvalue weighted by atomic mass is 16.6. The lowest BCUT2D eigenvalue weighted by molar-refractivity contribution is -0.383. The number of nitro groups is 1. The molecule has 2 heterocycles. The smallest absolute Gasteiger partial charge is 0.353 e. The first kappa shape index (κ1) is 17.3. The number of aromatic nitrogens is 3. The van der Waals surface area contributed by atoms with Gasteiger partial charge >= 0.3 is 5.69 Å². The van der Waals surface area contributed by atoms with Crippen molar-refractivity contribution >= 4 is 23.1 Å². The normalized spacial score (nSPS) is 30.2. The van der Waals surface area contributed by atoms with Crippen LogP contribution >= 0.6 is 0 Å². The third-order valence-corrected chi connectivity index (χ3v) is 6.67. The van der Waals surface area contributed by atoms with Crippen molar-refractivity contribution < 1.29 is 4.92 Å². The van der Waals surface area contributed by atoms with Crippen molar-refractivity contribution in [3.63, 3.8) is 0 Å². The summed E-state index contributed by atoms with van der Waals surface area (Å²) >= 11 is 0. The van der Waals surface area contributed by atoms with Crippen molar-refractivity contribution in [2.24, 2.45) is 17.8 Å². The molecule has 4 aliphatic rings. The Morgan fingerprint density at radius 3 is 2.29 bits per heavy atom. The highest BCUT2D eigenvalue weighted by Gasteiger charge is 2.51. The first-order valence-corrected chi connectivity index (χ1v) is 9.97. The zero-order valence-electron chi connectivity index (χ0n) is 15.9. The molecule has 0 atom stereocenters. The van der Waals surface area contributed by atoms with Crippen LogP contribution in [0.15, 0.2) is 24.7 Å². The van der Waals surface area contributed by atoms with E-state index in [1.807, 2.05) is 19.1 Å². The first-order chi connectivity index (χ1) is 13.5. The third-order valence-electron chi connectivity index (χ3n) is 6.67. The second-order valence-corrected chi connectivity index (χ2v) is 8.79. The molecule has 146 valence electrons. The molecule has 0 unspecified atom stereocenters. The van der Waals surface area contributed by atoms with Gasteiger partial charge in [0.05, 0.1) is 4.92 Å². The predicted molar refractivity (Wildman–Crippen MR) is 105 cm³/mol. The second kappa shape index (κ2) is 6.39. The molecule has 2 aromatic rings. The van der Waals surface area contributed by atoms with Gasteiger partial charge in [-0.3, -0.25) is 10.1 Å². The SMILES string of the molecule is Cc1cccnc1Nc1ncnc(NC23CC4CC(CC(C4)C2)C3)c1[N+](=O)[O-]. The maximum absolute atomic E-state index is 11.9. The van der Waals surface area contributed by atoms with Gasteiger partial charge in [0.15, 0.2) is 0 Å². The van der Waals surface area contributed by atoms with Crippen LogP contribution in [0.5, 0.6) is 0 Å². The number of pyridine rings is 1. The fraction of sp³-hybridized carbons (Fsp3) is 0.550. The van der Waals surface area contributed by atoms with Gasteiger partial charge in [-0.2, -0.15) is 0 Å². The maximum Gasteiger partial charge on any atom is 0.353 e. The van der Waals surface area contributed by atoms with Crippen LogP contribution in [0.3, 0.4) is 0 Å². The molecule has 4 fully saturated rings. The summed E-state index contributed by atoms with van der Waals surface area (Å²) in [6, 6.07) is 3.73. The van der Waals surface area contributed by atoms with E-state index in [0.29, 0.717) is 11.6 Å². The van der Waals surface area contributed by atoms with E-state index in [1.54, 1.807) is 6.20 Å².